The monoisotopic (exact) mass is 350 g/mol. The molecular formula is C12H15ClN2O4S2. The molecule has 21 heavy (non-hydrogen) atoms. The van der Waals surface area contributed by atoms with Gasteiger partial charge in [-0.05, 0) is 19.1 Å². The molecule has 1 aromatic rings. The first kappa shape index (κ1) is 17.8. The van der Waals surface area contributed by atoms with Crippen molar-refractivity contribution in [3.8, 4) is 0 Å². The summed E-state index contributed by atoms with van der Waals surface area (Å²) in [6.07, 6.45) is 0. The van der Waals surface area contributed by atoms with E-state index in [0.717, 1.165) is 4.31 Å². The van der Waals surface area contributed by atoms with E-state index < -0.39 is 22.5 Å². The van der Waals surface area contributed by atoms with Crippen LogP contribution in [0.1, 0.15) is 12.5 Å². The number of benzene rings is 1. The van der Waals surface area contributed by atoms with E-state index in [9.17, 15) is 13.2 Å². The van der Waals surface area contributed by atoms with Crippen LogP contribution in [-0.2, 0) is 19.6 Å². The summed E-state index contributed by atoms with van der Waals surface area (Å²) in [5.74, 6) is -0.648. The fraction of sp³-hybridized carbons (Fsp3) is 0.333. The van der Waals surface area contributed by atoms with Gasteiger partial charge < -0.3 is 10.5 Å². The Morgan fingerprint density at radius 1 is 1.48 bits per heavy atom. The summed E-state index contributed by atoms with van der Waals surface area (Å²) in [7, 11) is -2.69. The Balaban J connectivity index is 3.15. The minimum atomic E-state index is -3.95. The topological polar surface area (TPSA) is 89.7 Å². The number of ether oxygens (including phenoxy) is 1. The molecule has 0 radical (unpaired) electrons. The molecule has 0 atom stereocenters. The number of hydrogen-bond acceptors (Lipinski definition) is 5. The summed E-state index contributed by atoms with van der Waals surface area (Å²) in [5.41, 5.74) is 5.85. The number of halogens is 1. The fourth-order valence-corrected chi connectivity index (χ4v) is 3.23. The Hall–Kier alpha value is -1.22. The van der Waals surface area contributed by atoms with E-state index in [2.05, 4.69) is 0 Å². The standard InChI is InChI=1S/C12H15ClN2O4S2/c1-3-19-11(16)7-15(2)21(17,18)10-6-8(12(14)20)4-5-9(10)13/h4-6H,3,7H2,1-2H3,(H2,14,20). The minimum absolute atomic E-state index is 0.0192. The van der Waals surface area contributed by atoms with Crippen molar-refractivity contribution in [1.29, 1.82) is 0 Å². The first-order chi connectivity index (χ1) is 9.70. The zero-order chi connectivity index (χ0) is 16.2. The van der Waals surface area contributed by atoms with Crippen LogP contribution < -0.4 is 5.73 Å². The van der Waals surface area contributed by atoms with Crippen LogP contribution in [0.4, 0.5) is 0 Å². The van der Waals surface area contributed by atoms with Gasteiger partial charge in [-0.15, -0.1) is 0 Å². The molecule has 0 saturated heterocycles. The Kier molecular flexibility index (Phi) is 6.09. The summed E-state index contributed by atoms with van der Waals surface area (Å²) >= 11 is 10.7. The molecule has 0 saturated carbocycles. The van der Waals surface area contributed by atoms with Gasteiger partial charge in [0.15, 0.2) is 0 Å². The molecule has 6 nitrogen and oxygen atoms in total. The van der Waals surface area contributed by atoms with Crippen molar-refractivity contribution < 1.29 is 17.9 Å². The van der Waals surface area contributed by atoms with Crippen molar-refractivity contribution in [1.82, 2.24) is 4.31 Å². The lowest BCUT2D eigenvalue weighted by Crippen LogP contribution is -2.33. The maximum atomic E-state index is 12.4. The lowest BCUT2D eigenvalue weighted by Gasteiger charge is -2.17. The van der Waals surface area contributed by atoms with Gasteiger partial charge >= 0.3 is 5.97 Å². The zero-order valence-corrected chi connectivity index (χ0v) is 13.9. The lowest BCUT2D eigenvalue weighted by atomic mass is 10.2. The van der Waals surface area contributed by atoms with E-state index in [1.807, 2.05) is 0 Å². The number of carbonyl (C=O) groups excluding carboxylic acids is 1. The predicted octanol–water partition coefficient (Wildman–Crippen LogP) is 1.16. The molecular weight excluding hydrogens is 336 g/mol. The average molecular weight is 351 g/mol. The molecule has 0 aliphatic rings. The van der Waals surface area contributed by atoms with E-state index in [0.29, 0.717) is 5.56 Å². The van der Waals surface area contributed by atoms with Crippen molar-refractivity contribution >= 4 is 44.8 Å². The number of carbonyl (C=O) groups is 1. The van der Waals surface area contributed by atoms with E-state index in [1.165, 1.54) is 25.2 Å². The minimum Gasteiger partial charge on any atom is -0.465 e. The third-order valence-electron chi connectivity index (χ3n) is 2.56. The van der Waals surface area contributed by atoms with Crippen LogP contribution in [0.15, 0.2) is 23.1 Å². The zero-order valence-electron chi connectivity index (χ0n) is 11.5. The van der Waals surface area contributed by atoms with Crippen molar-refractivity contribution in [2.45, 2.75) is 11.8 Å². The Labute approximate surface area is 133 Å². The molecule has 116 valence electrons. The van der Waals surface area contributed by atoms with Crippen LogP contribution in [0.5, 0.6) is 0 Å². The highest BCUT2D eigenvalue weighted by atomic mass is 35.5. The van der Waals surface area contributed by atoms with Gasteiger partial charge in [0.05, 0.1) is 11.6 Å². The smallest absolute Gasteiger partial charge is 0.321 e. The average Bonchev–Trinajstić information content (AvgIpc) is 2.38. The molecule has 0 heterocycles. The van der Waals surface area contributed by atoms with Gasteiger partial charge in [-0.25, -0.2) is 8.42 Å². The van der Waals surface area contributed by atoms with E-state index >= 15 is 0 Å². The van der Waals surface area contributed by atoms with Gasteiger partial charge in [-0.1, -0.05) is 29.9 Å². The van der Waals surface area contributed by atoms with Gasteiger partial charge in [0.2, 0.25) is 10.0 Å². The molecule has 0 aromatic heterocycles. The van der Waals surface area contributed by atoms with Gasteiger partial charge in [-0.2, -0.15) is 4.31 Å². The lowest BCUT2D eigenvalue weighted by molar-refractivity contribution is -0.143. The van der Waals surface area contributed by atoms with Crippen molar-refractivity contribution in [3.05, 3.63) is 28.8 Å². The van der Waals surface area contributed by atoms with Crippen LogP contribution >= 0.6 is 23.8 Å². The van der Waals surface area contributed by atoms with Gasteiger partial charge in [0.1, 0.15) is 16.4 Å². The van der Waals surface area contributed by atoms with Crippen LogP contribution in [0.3, 0.4) is 0 Å². The van der Waals surface area contributed by atoms with E-state index in [1.54, 1.807) is 6.92 Å². The molecule has 0 spiro atoms. The third kappa shape index (κ3) is 4.37. The number of likely N-dealkylation sites (N-methyl/N-ethyl adjacent to an activating group) is 1. The van der Waals surface area contributed by atoms with Gasteiger partial charge in [0.25, 0.3) is 0 Å². The maximum Gasteiger partial charge on any atom is 0.321 e. The van der Waals surface area contributed by atoms with Crippen LogP contribution in [0.25, 0.3) is 0 Å². The van der Waals surface area contributed by atoms with Crippen molar-refractivity contribution in [2.24, 2.45) is 5.73 Å². The first-order valence-corrected chi connectivity index (χ1v) is 8.14. The quantitative estimate of drug-likeness (QED) is 0.611. The SMILES string of the molecule is CCOC(=O)CN(C)S(=O)(=O)c1cc(C(N)=S)ccc1Cl. The van der Waals surface area contributed by atoms with Crippen LogP contribution in [0, 0.1) is 0 Å². The Bertz CT molecular complexity index is 661. The second kappa shape index (κ2) is 7.17. The molecule has 0 amide bonds. The molecule has 9 heteroatoms. The molecule has 0 aliphatic carbocycles. The highest BCUT2D eigenvalue weighted by Crippen LogP contribution is 2.25. The molecule has 2 N–H and O–H groups in total. The predicted molar refractivity (Wildman–Crippen MR) is 83.8 cm³/mol. The molecule has 0 unspecified atom stereocenters. The number of rotatable bonds is 6. The summed E-state index contributed by atoms with van der Waals surface area (Å²) in [4.78, 5) is 11.3. The second-order valence-electron chi connectivity index (χ2n) is 4.08. The molecule has 0 bridgehead atoms. The van der Waals surface area contributed by atoms with E-state index in [-0.39, 0.29) is 21.5 Å². The van der Waals surface area contributed by atoms with Crippen molar-refractivity contribution in [2.75, 3.05) is 20.2 Å². The molecule has 1 rings (SSSR count). The Morgan fingerprint density at radius 2 is 2.10 bits per heavy atom. The summed E-state index contributed by atoms with van der Waals surface area (Å²) in [6, 6.07) is 4.19. The maximum absolute atomic E-state index is 12.4. The summed E-state index contributed by atoms with van der Waals surface area (Å²) in [5, 5.41) is 0.0192. The number of hydrogen-bond donors (Lipinski definition) is 1. The van der Waals surface area contributed by atoms with Gasteiger partial charge in [0, 0.05) is 12.6 Å². The number of nitrogens with two attached hydrogens (primary N) is 1. The number of esters is 1. The van der Waals surface area contributed by atoms with Crippen LogP contribution in [0.2, 0.25) is 5.02 Å². The Morgan fingerprint density at radius 3 is 2.62 bits per heavy atom. The highest BCUT2D eigenvalue weighted by molar-refractivity contribution is 7.89. The first-order valence-electron chi connectivity index (χ1n) is 5.91. The summed E-state index contributed by atoms with van der Waals surface area (Å²) < 4.78 is 30.4. The fourth-order valence-electron chi connectivity index (χ4n) is 1.50. The largest absolute Gasteiger partial charge is 0.465 e. The molecule has 0 aliphatic heterocycles. The molecule has 0 fully saturated rings. The molecule has 1 aromatic carbocycles. The number of sulfonamides is 1. The van der Waals surface area contributed by atoms with E-state index in [4.69, 9.17) is 34.3 Å². The van der Waals surface area contributed by atoms with Crippen LogP contribution in [-0.4, -0.2) is 43.9 Å². The number of nitrogens with zero attached hydrogens (tertiary/aromatic N) is 1. The highest BCUT2D eigenvalue weighted by Gasteiger charge is 2.26. The normalized spacial score (nSPS) is 11.4. The number of thiocarbonyl (C=S) groups is 1. The second-order valence-corrected chi connectivity index (χ2v) is 6.94. The third-order valence-corrected chi connectivity index (χ3v) is 5.08. The summed E-state index contributed by atoms with van der Waals surface area (Å²) in [6.45, 7) is 1.39. The van der Waals surface area contributed by atoms with Gasteiger partial charge in [-0.3, -0.25) is 4.79 Å². The van der Waals surface area contributed by atoms with Crippen molar-refractivity contribution in [3.63, 3.8) is 0 Å².